The Morgan fingerprint density at radius 1 is 1.33 bits per heavy atom. The zero-order chi connectivity index (χ0) is 18.8. The molecule has 1 N–H and O–H groups in total. The fraction of sp³-hybridized carbons (Fsp3) is 0.450. The van der Waals surface area contributed by atoms with Gasteiger partial charge in [-0.2, -0.15) is 0 Å². The Morgan fingerprint density at radius 3 is 2.93 bits per heavy atom. The number of nitrogens with one attached hydrogen (secondary N) is 1. The topological polar surface area (TPSA) is 62.3 Å². The molecule has 4 rings (SSSR count). The van der Waals surface area contributed by atoms with E-state index in [1.165, 1.54) is 24.2 Å². The van der Waals surface area contributed by atoms with Crippen molar-refractivity contribution in [2.75, 3.05) is 11.9 Å². The normalized spacial score (nSPS) is 20.4. The minimum absolute atomic E-state index is 0.104. The van der Waals surface area contributed by atoms with E-state index in [9.17, 15) is 9.59 Å². The van der Waals surface area contributed by atoms with Crippen LogP contribution in [0.2, 0.25) is 5.02 Å². The number of aromatic nitrogens is 1. The maximum atomic E-state index is 12.6. The average Bonchev–Trinajstić information content (AvgIpc) is 3.36. The van der Waals surface area contributed by atoms with Crippen LogP contribution in [0.3, 0.4) is 0 Å². The quantitative estimate of drug-likeness (QED) is 0.816. The molecule has 1 aromatic carbocycles. The van der Waals surface area contributed by atoms with Gasteiger partial charge in [0, 0.05) is 41.5 Å². The van der Waals surface area contributed by atoms with Crippen molar-refractivity contribution in [1.29, 1.82) is 0 Å². The van der Waals surface area contributed by atoms with Crippen molar-refractivity contribution in [1.82, 2.24) is 9.88 Å². The first-order valence-corrected chi connectivity index (χ1v) is 10.6. The monoisotopic (exact) mass is 403 g/mol. The predicted molar refractivity (Wildman–Crippen MR) is 107 cm³/mol. The van der Waals surface area contributed by atoms with Crippen molar-refractivity contribution in [2.24, 2.45) is 5.92 Å². The van der Waals surface area contributed by atoms with Crippen molar-refractivity contribution in [3.8, 4) is 0 Å². The third-order valence-electron chi connectivity index (χ3n) is 5.35. The van der Waals surface area contributed by atoms with Crippen molar-refractivity contribution in [3.63, 3.8) is 0 Å². The highest BCUT2D eigenvalue weighted by Gasteiger charge is 2.38. The second-order valence-electron chi connectivity index (χ2n) is 7.31. The molecule has 0 bridgehead atoms. The molecule has 0 spiro atoms. The summed E-state index contributed by atoms with van der Waals surface area (Å²) >= 11 is 7.49. The van der Waals surface area contributed by atoms with Crippen molar-refractivity contribution >= 4 is 39.9 Å². The van der Waals surface area contributed by atoms with E-state index in [2.05, 4.69) is 10.3 Å². The van der Waals surface area contributed by atoms with Crippen LogP contribution in [0, 0.1) is 5.92 Å². The first-order valence-electron chi connectivity index (χ1n) is 9.38. The molecule has 7 heteroatoms. The lowest BCUT2D eigenvalue weighted by Crippen LogP contribution is -2.35. The molecule has 5 nitrogen and oxygen atoms in total. The number of thiazole rings is 1. The molecule has 1 aromatic heterocycles. The minimum atomic E-state index is -0.279. The van der Waals surface area contributed by atoms with Gasteiger partial charge in [0.1, 0.15) is 0 Å². The van der Waals surface area contributed by atoms with Crippen molar-refractivity contribution in [3.05, 3.63) is 45.9 Å². The smallest absolute Gasteiger partial charge is 0.231 e. The number of likely N-dealkylation sites (tertiary alicyclic amines) is 1. The van der Waals surface area contributed by atoms with Gasteiger partial charge in [-0.3, -0.25) is 9.59 Å². The summed E-state index contributed by atoms with van der Waals surface area (Å²) < 4.78 is 0. The molecular formula is C20H22ClN3O2S. The van der Waals surface area contributed by atoms with Crippen molar-refractivity contribution in [2.45, 2.75) is 44.6 Å². The summed E-state index contributed by atoms with van der Waals surface area (Å²) in [6.07, 6.45) is 7.32. The fourth-order valence-corrected chi connectivity index (χ4v) is 5.04. The fourth-order valence-electron chi connectivity index (χ4n) is 3.98. The van der Waals surface area contributed by atoms with Gasteiger partial charge in [-0.25, -0.2) is 4.98 Å². The highest BCUT2D eigenvalue weighted by atomic mass is 35.5. The summed E-state index contributed by atoms with van der Waals surface area (Å²) in [6.45, 7) is 0.538. The summed E-state index contributed by atoms with van der Waals surface area (Å²) in [5.74, 6) is -0.270. The van der Waals surface area contributed by atoms with E-state index >= 15 is 0 Å². The first kappa shape index (κ1) is 18.4. The summed E-state index contributed by atoms with van der Waals surface area (Å²) in [7, 11) is 0. The van der Waals surface area contributed by atoms with Gasteiger partial charge in [-0.1, -0.05) is 36.6 Å². The Morgan fingerprint density at radius 2 is 2.15 bits per heavy atom. The van der Waals surface area contributed by atoms with Crippen LogP contribution >= 0.6 is 22.9 Å². The lowest BCUT2D eigenvalue weighted by molar-refractivity contribution is -0.129. The van der Waals surface area contributed by atoms with Gasteiger partial charge in [0.25, 0.3) is 0 Å². The van der Waals surface area contributed by atoms with Crippen LogP contribution in [0.4, 0.5) is 5.13 Å². The third-order valence-corrected chi connectivity index (χ3v) is 6.49. The Bertz CT molecular complexity index is 847. The van der Waals surface area contributed by atoms with E-state index in [-0.39, 0.29) is 17.7 Å². The highest BCUT2D eigenvalue weighted by Crippen LogP contribution is 2.30. The van der Waals surface area contributed by atoms with Crippen LogP contribution in [0.1, 0.15) is 42.5 Å². The van der Waals surface area contributed by atoms with E-state index in [0.717, 1.165) is 29.7 Å². The maximum absolute atomic E-state index is 12.6. The van der Waals surface area contributed by atoms with E-state index in [4.69, 9.17) is 11.6 Å². The number of carbonyl (C=O) groups is 2. The Labute approximate surface area is 167 Å². The van der Waals surface area contributed by atoms with E-state index in [1.54, 1.807) is 6.20 Å². The van der Waals surface area contributed by atoms with Crippen LogP contribution in [0.25, 0.3) is 0 Å². The molecular weight excluding hydrogens is 382 g/mol. The summed E-state index contributed by atoms with van der Waals surface area (Å²) in [5.41, 5.74) is 1.11. The standard InChI is InChI=1S/C20H22ClN3O2S/c21-15-5-3-4-13(8-15)9-17-11-22-20(27-17)23-19(26)14-10-18(25)24(12-14)16-6-1-2-7-16/h3-5,8,11,14,16H,1-2,6-7,9-10,12H2,(H,22,23,26). The summed E-state index contributed by atoms with van der Waals surface area (Å²) in [6, 6.07) is 8.06. The molecule has 2 aromatic rings. The molecule has 1 atom stereocenters. The summed E-state index contributed by atoms with van der Waals surface area (Å²) in [4.78, 5) is 32.2. The highest BCUT2D eigenvalue weighted by molar-refractivity contribution is 7.15. The number of nitrogens with zero attached hydrogens (tertiary/aromatic N) is 2. The molecule has 142 valence electrons. The number of hydrogen-bond donors (Lipinski definition) is 1. The maximum Gasteiger partial charge on any atom is 0.231 e. The van der Waals surface area contributed by atoms with E-state index < -0.39 is 0 Å². The number of benzene rings is 1. The number of amides is 2. The Balaban J connectivity index is 1.35. The molecule has 2 heterocycles. The third kappa shape index (κ3) is 4.33. The Hall–Kier alpha value is -1.92. The Kier molecular flexibility index (Phi) is 5.45. The number of anilines is 1. The van der Waals surface area contributed by atoms with Crippen LogP contribution in [0.5, 0.6) is 0 Å². The van der Waals surface area contributed by atoms with E-state index in [0.29, 0.717) is 29.2 Å². The lowest BCUT2D eigenvalue weighted by atomic mass is 10.1. The van der Waals surface area contributed by atoms with Gasteiger partial charge < -0.3 is 10.2 Å². The van der Waals surface area contributed by atoms with Crippen molar-refractivity contribution < 1.29 is 9.59 Å². The van der Waals surface area contributed by atoms with Gasteiger partial charge in [-0.15, -0.1) is 11.3 Å². The molecule has 27 heavy (non-hydrogen) atoms. The van der Waals surface area contributed by atoms with Crippen LogP contribution in [-0.2, 0) is 16.0 Å². The average molecular weight is 404 g/mol. The predicted octanol–water partition coefficient (Wildman–Crippen LogP) is 4.12. The minimum Gasteiger partial charge on any atom is -0.339 e. The molecule has 1 unspecified atom stereocenters. The van der Waals surface area contributed by atoms with Crippen LogP contribution < -0.4 is 5.32 Å². The van der Waals surface area contributed by atoms with Crippen LogP contribution in [0.15, 0.2) is 30.5 Å². The number of carbonyl (C=O) groups excluding carboxylic acids is 2. The van der Waals surface area contributed by atoms with E-state index in [1.807, 2.05) is 29.2 Å². The molecule has 1 aliphatic heterocycles. The lowest BCUT2D eigenvalue weighted by Gasteiger charge is -2.23. The first-order chi connectivity index (χ1) is 13.1. The zero-order valence-electron chi connectivity index (χ0n) is 15.0. The number of rotatable bonds is 5. The van der Waals surface area contributed by atoms with Gasteiger partial charge in [0.2, 0.25) is 11.8 Å². The molecule has 2 fully saturated rings. The largest absolute Gasteiger partial charge is 0.339 e. The molecule has 2 aliphatic rings. The molecule has 2 amide bonds. The molecule has 1 saturated heterocycles. The molecule has 1 saturated carbocycles. The zero-order valence-corrected chi connectivity index (χ0v) is 16.6. The van der Waals surface area contributed by atoms with Crippen LogP contribution in [-0.4, -0.2) is 34.3 Å². The SMILES string of the molecule is O=C(Nc1ncc(Cc2cccc(Cl)c2)s1)C1CC(=O)N(C2CCCC2)C1. The molecule has 0 radical (unpaired) electrons. The molecule has 1 aliphatic carbocycles. The second-order valence-corrected chi connectivity index (χ2v) is 8.86. The van der Waals surface area contributed by atoms with Gasteiger partial charge >= 0.3 is 0 Å². The van der Waals surface area contributed by atoms with Gasteiger partial charge in [-0.05, 0) is 30.5 Å². The van der Waals surface area contributed by atoms with Gasteiger partial charge in [0.05, 0.1) is 5.92 Å². The number of hydrogen-bond acceptors (Lipinski definition) is 4. The second kappa shape index (κ2) is 7.98. The van der Waals surface area contributed by atoms with Gasteiger partial charge in [0.15, 0.2) is 5.13 Å². The summed E-state index contributed by atoms with van der Waals surface area (Å²) in [5, 5.41) is 4.19. The number of halogens is 1.